The van der Waals surface area contributed by atoms with Gasteiger partial charge in [-0.05, 0) is 29.7 Å². The number of carbonyl (C=O) groups is 2. The minimum Gasteiger partial charge on any atom is -0.268 e. The van der Waals surface area contributed by atoms with E-state index in [9.17, 15) is 9.59 Å². The highest BCUT2D eigenvalue weighted by Crippen LogP contribution is 2.32. The van der Waals surface area contributed by atoms with Gasteiger partial charge in [0.2, 0.25) is 0 Å². The lowest BCUT2D eigenvalue weighted by molar-refractivity contribution is 0.0893. The lowest BCUT2D eigenvalue weighted by Gasteiger charge is -2.27. The second-order valence-corrected chi connectivity index (χ2v) is 4.99. The summed E-state index contributed by atoms with van der Waals surface area (Å²) in [6.07, 6.45) is 0. The quantitative estimate of drug-likeness (QED) is 0.450. The van der Waals surface area contributed by atoms with E-state index in [4.69, 9.17) is 0 Å². The van der Waals surface area contributed by atoms with Gasteiger partial charge in [0.15, 0.2) is 0 Å². The van der Waals surface area contributed by atoms with E-state index < -0.39 is 0 Å². The molecule has 3 nitrogen and oxygen atoms in total. The first-order valence-electron chi connectivity index (χ1n) is 9.73. The Morgan fingerprint density at radius 2 is 1.00 bits per heavy atom. The van der Waals surface area contributed by atoms with Crippen LogP contribution in [0.2, 0.25) is 0 Å². The number of amides is 2. The molecule has 0 radical (unpaired) electrons. The van der Waals surface area contributed by atoms with E-state index in [-0.39, 0.29) is 11.8 Å². The van der Waals surface area contributed by atoms with E-state index >= 15 is 0 Å². The largest absolute Gasteiger partial charge is 0.268 e. The predicted molar refractivity (Wildman–Crippen MR) is 116 cm³/mol. The monoisotopic (exact) mass is 363 g/mol. The van der Waals surface area contributed by atoms with Gasteiger partial charge >= 0.3 is 0 Å². The molecule has 0 saturated heterocycles. The van der Waals surface area contributed by atoms with Crippen LogP contribution in [0.1, 0.15) is 62.3 Å². The van der Waals surface area contributed by atoms with Crippen LogP contribution >= 0.6 is 0 Å². The zero-order valence-corrected chi connectivity index (χ0v) is 17.1. The van der Waals surface area contributed by atoms with E-state index in [1.807, 2.05) is 84.0 Å². The molecule has 27 heavy (non-hydrogen) atoms. The van der Waals surface area contributed by atoms with Crippen molar-refractivity contribution >= 4 is 28.3 Å². The molecule has 0 unspecified atom stereocenters. The molecule has 0 atom stereocenters. The number of rotatable bonds is 1. The van der Waals surface area contributed by atoms with Crippen molar-refractivity contribution in [3.63, 3.8) is 0 Å². The molecule has 3 aromatic rings. The molecular weight excluding hydrogens is 334 g/mol. The molecule has 4 rings (SSSR count). The van der Waals surface area contributed by atoms with Crippen LogP contribution in [-0.4, -0.2) is 11.8 Å². The average molecular weight is 364 g/mol. The fraction of sp³-hybridized carbons (Fsp3) is 0.250. The van der Waals surface area contributed by atoms with Gasteiger partial charge in [-0.2, -0.15) is 0 Å². The van der Waals surface area contributed by atoms with Crippen LogP contribution < -0.4 is 4.90 Å². The molecule has 3 heteroatoms. The predicted octanol–water partition coefficient (Wildman–Crippen LogP) is 6.72. The van der Waals surface area contributed by atoms with Crippen molar-refractivity contribution in [3.05, 3.63) is 77.9 Å². The maximum Gasteiger partial charge on any atom is 0.265 e. The van der Waals surface area contributed by atoms with Crippen LogP contribution in [0.5, 0.6) is 0 Å². The lowest BCUT2D eigenvalue weighted by Crippen LogP contribution is -2.40. The summed E-state index contributed by atoms with van der Waals surface area (Å²) < 4.78 is 0. The third kappa shape index (κ3) is 4.25. The van der Waals surface area contributed by atoms with Gasteiger partial charge in [0.05, 0.1) is 5.69 Å². The summed E-state index contributed by atoms with van der Waals surface area (Å²) in [6.45, 7) is 12.0. The van der Waals surface area contributed by atoms with Gasteiger partial charge < -0.3 is 0 Å². The summed E-state index contributed by atoms with van der Waals surface area (Å²) in [5.74, 6) is -0.536. The molecule has 0 fully saturated rings. The maximum absolute atomic E-state index is 12.7. The van der Waals surface area contributed by atoms with Crippen LogP contribution in [-0.2, 0) is 0 Å². The molecular formula is C24H29NO2. The van der Waals surface area contributed by atoms with Crippen molar-refractivity contribution in [1.29, 1.82) is 0 Å². The molecule has 1 heterocycles. The summed E-state index contributed by atoms with van der Waals surface area (Å²) in [6, 6.07) is 20.1. The summed E-state index contributed by atoms with van der Waals surface area (Å²) in [4.78, 5) is 26.7. The molecule has 3 aromatic carbocycles. The number of hydrogen-bond acceptors (Lipinski definition) is 2. The number of anilines is 1. The number of hydrogen-bond donors (Lipinski definition) is 0. The first-order valence-corrected chi connectivity index (χ1v) is 9.73. The molecule has 1 aliphatic rings. The molecule has 0 bridgehead atoms. The van der Waals surface area contributed by atoms with Gasteiger partial charge in [-0.3, -0.25) is 9.59 Å². The second-order valence-electron chi connectivity index (χ2n) is 4.99. The molecule has 0 spiro atoms. The van der Waals surface area contributed by atoms with Crippen molar-refractivity contribution in [1.82, 2.24) is 0 Å². The van der Waals surface area contributed by atoms with Crippen LogP contribution in [0.15, 0.2) is 66.7 Å². The molecule has 0 saturated carbocycles. The van der Waals surface area contributed by atoms with E-state index in [1.165, 1.54) is 4.90 Å². The molecule has 142 valence electrons. The van der Waals surface area contributed by atoms with Crippen LogP contribution in [0.25, 0.3) is 10.8 Å². The summed E-state index contributed by atoms with van der Waals surface area (Å²) in [7, 11) is 0. The summed E-state index contributed by atoms with van der Waals surface area (Å²) in [5, 5.41) is 1.67. The van der Waals surface area contributed by atoms with Gasteiger partial charge in [-0.15, -0.1) is 0 Å². The molecule has 0 N–H and O–H groups in total. The third-order valence-electron chi connectivity index (χ3n) is 3.79. The highest BCUT2D eigenvalue weighted by molar-refractivity contribution is 6.35. The highest BCUT2D eigenvalue weighted by atomic mass is 16.2. The Kier molecular flexibility index (Phi) is 8.94. The highest BCUT2D eigenvalue weighted by Gasteiger charge is 2.33. The Bertz CT molecular complexity index is 835. The third-order valence-corrected chi connectivity index (χ3v) is 3.79. The van der Waals surface area contributed by atoms with Gasteiger partial charge in [0.25, 0.3) is 11.8 Å². The second kappa shape index (κ2) is 10.9. The summed E-state index contributed by atoms with van der Waals surface area (Å²) >= 11 is 0. The number of nitrogens with zero attached hydrogens (tertiary/aromatic N) is 1. The lowest BCUT2D eigenvalue weighted by atomic mass is 9.94. The maximum atomic E-state index is 12.7. The average Bonchev–Trinajstić information content (AvgIpc) is 2.77. The van der Waals surface area contributed by atoms with Crippen LogP contribution in [0.4, 0.5) is 5.69 Å². The number of benzene rings is 3. The van der Waals surface area contributed by atoms with Gasteiger partial charge in [0.1, 0.15) is 0 Å². The Labute approximate surface area is 162 Å². The summed E-state index contributed by atoms with van der Waals surface area (Å²) in [5.41, 5.74) is 1.75. The minimum absolute atomic E-state index is 0.268. The topological polar surface area (TPSA) is 37.4 Å². The first kappa shape index (κ1) is 22.1. The SMILES string of the molecule is CC.CC.CC.O=C1c2cccc3cccc(c23)C(=O)N1c1ccccc1. The smallest absolute Gasteiger partial charge is 0.265 e. The van der Waals surface area contributed by atoms with Crippen molar-refractivity contribution in [2.75, 3.05) is 4.90 Å². The van der Waals surface area contributed by atoms with E-state index in [1.54, 1.807) is 24.3 Å². The van der Waals surface area contributed by atoms with E-state index in [0.29, 0.717) is 16.8 Å². The molecule has 1 aliphatic heterocycles. The Balaban J connectivity index is 0.000000556. The van der Waals surface area contributed by atoms with Gasteiger partial charge in [-0.25, -0.2) is 4.90 Å². The standard InChI is InChI=1S/C18H11NO2.3C2H6/c20-17-14-10-4-6-12-7-5-11-15(16(12)14)18(21)19(17)13-8-2-1-3-9-13;3*1-2/h1-11H;3*1-2H3. The minimum atomic E-state index is -0.268. The van der Waals surface area contributed by atoms with Gasteiger partial charge in [0, 0.05) is 16.5 Å². The first-order chi connectivity index (χ1) is 13.3. The van der Waals surface area contributed by atoms with Crippen molar-refractivity contribution < 1.29 is 9.59 Å². The molecule has 0 aromatic heterocycles. The molecule has 0 aliphatic carbocycles. The molecule has 2 amide bonds. The van der Waals surface area contributed by atoms with Crippen molar-refractivity contribution in [2.45, 2.75) is 41.5 Å². The Morgan fingerprint density at radius 1 is 0.556 bits per heavy atom. The van der Waals surface area contributed by atoms with E-state index in [0.717, 1.165) is 10.8 Å². The fourth-order valence-electron chi connectivity index (χ4n) is 2.84. The van der Waals surface area contributed by atoms with Crippen LogP contribution in [0, 0.1) is 0 Å². The number of para-hydroxylation sites is 1. The van der Waals surface area contributed by atoms with Crippen molar-refractivity contribution in [2.24, 2.45) is 0 Å². The zero-order chi connectivity index (χ0) is 20.4. The van der Waals surface area contributed by atoms with Crippen molar-refractivity contribution in [3.8, 4) is 0 Å². The fourth-order valence-corrected chi connectivity index (χ4v) is 2.84. The zero-order valence-electron chi connectivity index (χ0n) is 17.1. The van der Waals surface area contributed by atoms with Crippen LogP contribution in [0.3, 0.4) is 0 Å². The normalized spacial score (nSPS) is 11.4. The number of carbonyl (C=O) groups excluding carboxylic acids is 2. The van der Waals surface area contributed by atoms with E-state index in [2.05, 4.69) is 0 Å². The number of imide groups is 1. The van der Waals surface area contributed by atoms with Gasteiger partial charge in [-0.1, -0.05) is 84.0 Å². The Hall–Kier alpha value is -2.94. The Morgan fingerprint density at radius 3 is 1.44 bits per heavy atom.